The third-order valence-electron chi connectivity index (χ3n) is 5.19. The van der Waals surface area contributed by atoms with E-state index in [4.69, 9.17) is 0 Å². The summed E-state index contributed by atoms with van der Waals surface area (Å²) in [7, 11) is -3.42. The first-order chi connectivity index (χ1) is 13.5. The second-order valence-corrected chi connectivity index (χ2v) is 9.32. The molecule has 5 nitrogen and oxygen atoms in total. The molecular weight excluding hydrogens is 412 g/mol. The van der Waals surface area contributed by atoms with Gasteiger partial charge in [-0.1, -0.05) is 12.1 Å². The van der Waals surface area contributed by atoms with Crippen LogP contribution in [0.25, 0.3) is 0 Å². The number of halogens is 4. The molecule has 0 N–H and O–H groups in total. The molecule has 2 aliphatic rings. The zero-order valence-electron chi connectivity index (χ0n) is 14.9. The molecule has 0 saturated carbocycles. The number of nitrogens with zero attached hydrogens (tertiary/aromatic N) is 2. The van der Waals surface area contributed by atoms with Crippen molar-refractivity contribution >= 4 is 21.6 Å². The van der Waals surface area contributed by atoms with Gasteiger partial charge in [0.05, 0.1) is 29.2 Å². The Bertz CT molecular complexity index is 1050. The highest BCUT2D eigenvalue weighted by atomic mass is 32.2. The van der Waals surface area contributed by atoms with Crippen molar-refractivity contribution in [2.75, 3.05) is 16.4 Å². The van der Waals surface area contributed by atoms with E-state index in [1.165, 1.54) is 34.1 Å². The molecule has 0 aromatic heterocycles. The fourth-order valence-electron chi connectivity index (χ4n) is 3.91. The van der Waals surface area contributed by atoms with Crippen LogP contribution in [0.5, 0.6) is 0 Å². The first kappa shape index (κ1) is 19.7. The number of carbonyl (C=O) groups excluding carboxylic acids is 1. The Morgan fingerprint density at radius 2 is 1.66 bits per heavy atom. The Hall–Kier alpha value is -2.62. The lowest BCUT2D eigenvalue weighted by Crippen LogP contribution is -2.37. The summed E-state index contributed by atoms with van der Waals surface area (Å²) in [5.74, 6) is -1.02. The van der Waals surface area contributed by atoms with Crippen molar-refractivity contribution in [3.63, 3.8) is 0 Å². The van der Waals surface area contributed by atoms with E-state index in [2.05, 4.69) is 0 Å². The summed E-state index contributed by atoms with van der Waals surface area (Å²) in [4.78, 5) is 15.6. The summed E-state index contributed by atoms with van der Waals surface area (Å²) in [5.41, 5.74) is -0.250. The molecule has 0 aliphatic carbocycles. The first-order valence-corrected chi connectivity index (χ1v) is 10.6. The number of hydrogen-bond donors (Lipinski definition) is 0. The minimum Gasteiger partial charge on any atom is -0.314 e. The molecule has 2 aromatic rings. The summed E-state index contributed by atoms with van der Waals surface area (Å²) in [6.07, 6.45) is -4.52. The topological polar surface area (TPSA) is 57.7 Å². The van der Waals surface area contributed by atoms with Crippen molar-refractivity contribution in [1.29, 1.82) is 0 Å². The highest BCUT2D eigenvalue weighted by molar-refractivity contribution is 7.91. The summed E-state index contributed by atoms with van der Waals surface area (Å²) >= 11 is 0. The number of rotatable bonds is 3. The largest absolute Gasteiger partial charge is 0.416 e. The van der Waals surface area contributed by atoms with Crippen LogP contribution < -0.4 is 4.90 Å². The minimum atomic E-state index is -4.52. The van der Waals surface area contributed by atoms with Crippen molar-refractivity contribution in [1.82, 2.24) is 4.90 Å². The maximum Gasteiger partial charge on any atom is 0.416 e. The van der Waals surface area contributed by atoms with Gasteiger partial charge in [0.2, 0.25) is 0 Å². The monoisotopic (exact) mass is 428 g/mol. The SMILES string of the molecule is O=C1N(Cc2cccc(C(F)(F)F)c2)[C@@H]2CS(=O)(=O)C[C@@H]2N1c1ccc(F)cc1. The van der Waals surface area contributed by atoms with Crippen molar-refractivity contribution in [2.45, 2.75) is 24.8 Å². The van der Waals surface area contributed by atoms with E-state index in [1.807, 2.05) is 0 Å². The fourth-order valence-corrected chi connectivity index (χ4v) is 5.86. The quantitative estimate of drug-likeness (QED) is 0.556. The summed E-state index contributed by atoms with van der Waals surface area (Å²) in [6, 6.07) is 7.80. The number of benzene rings is 2. The number of urea groups is 1. The first-order valence-electron chi connectivity index (χ1n) is 8.77. The Labute approximate surface area is 164 Å². The predicted molar refractivity (Wildman–Crippen MR) is 97.5 cm³/mol. The van der Waals surface area contributed by atoms with E-state index in [0.717, 1.165) is 24.3 Å². The molecule has 0 unspecified atom stereocenters. The molecule has 0 bridgehead atoms. The second kappa shape index (κ2) is 6.72. The molecule has 0 spiro atoms. The van der Waals surface area contributed by atoms with Crippen LogP contribution in [0.2, 0.25) is 0 Å². The molecule has 4 rings (SSSR count). The molecule has 2 atom stereocenters. The average molecular weight is 428 g/mol. The molecule has 2 aromatic carbocycles. The van der Waals surface area contributed by atoms with Crippen LogP contribution in [0.1, 0.15) is 11.1 Å². The van der Waals surface area contributed by atoms with Crippen LogP contribution in [0, 0.1) is 5.82 Å². The summed E-state index contributed by atoms with van der Waals surface area (Å²) in [5, 5.41) is 0. The summed E-state index contributed by atoms with van der Waals surface area (Å²) < 4.78 is 76.6. The van der Waals surface area contributed by atoms with Crippen LogP contribution in [0.15, 0.2) is 48.5 Å². The molecular formula is C19H16F4N2O3S. The molecule has 10 heteroatoms. The molecule has 2 fully saturated rings. The van der Waals surface area contributed by atoms with Gasteiger partial charge >= 0.3 is 12.2 Å². The van der Waals surface area contributed by atoms with Gasteiger partial charge in [-0.15, -0.1) is 0 Å². The minimum absolute atomic E-state index is 0.156. The van der Waals surface area contributed by atoms with Gasteiger partial charge < -0.3 is 4.90 Å². The highest BCUT2D eigenvalue weighted by Crippen LogP contribution is 2.36. The number of hydrogen-bond acceptors (Lipinski definition) is 3. The highest BCUT2D eigenvalue weighted by Gasteiger charge is 2.53. The normalized spacial score (nSPS) is 23.5. The van der Waals surface area contributed by atoms with Crippen LogP contribution in [0.3, 0.4) is 0 Å². The Balaban J connectivity index is 1.68. The number of anilines is 1. The zero-order valence-corrected chi connectivity index (χ0v) is 15.8. The van der Waals surface area contributed by atoms with Gasteiger partial charge in [-0.05, 0) is 42.0 Å². The van der Waals surface area contributed by atoms with Crippen molar-refractivity contribution in [3.05, 3.63) is 65.5 Å². The Morgan fingerprint density at radius 3 is 2.31 bits per heavy atom. The lowest BCUT2D eigenvalue weighted by molar-refractivity contribution is -0.137. The van der Waals surface area contributed by atoms with E-state index in [-0.39, 0.29) is 23.6 Å². The van der Waals surface area contributed by atoms with Gasteiger partial charge in [0.15, 0.2) is 9.84 Å². The molecule has 2 amide bonds. The molecule has 2 saturated heterocycles. The molecule has 154 valence electrons. The lowest BCUT2D eigenvalue weighted by atomic mass is 10.1. The van der Waals surface area contributed by atoms with Gasteiger partial charge in [-0.2, -0.15) is 13.2 Å². The maximum atomic E-state index is 13.3. The lowest BCUT2D eigenvalue weighted by Gasteiger charge is -2.23. The van der Waals surface area contributed by atoms with Gasteiger partial charge in [0, 0.05) is 12.2 Å². The van der Waals surface area contributed by atoms with Gasteiger partial charge in [0.1, 0.15) is 5.82 Å². The number of alkyl halides is 3. The van der Waals surface area contributed by atoms with E-state index < -0.39 is 45.5 Å². The van der Waals surface area contributed by atoms with Gasteiger partial charge in [-0.3, -0.25) is 4.90 Å². The number of amides is 2. The van der Waals surface area contributed by atoms with Gasteiger partial charge in [0.25, 0.3) is 0 Å². The number of fused-ring (bicyclic) bond motifs is 1. The van der Waals surface area contributed by atoms with E-state index in [0.29, 0.717) is 5.69 Å². The number of carbonyl (C=O) groups is 1. The van der Waals surface area contributed by atoms with Crippen LogP contribution in [-0.4, -0.2) is 42.9 Å². The van der Waals surface area contributed by atoms with Crippen LogP contribution >= 0.6 is 0 Å². The Kier molecular flexibility index (Phi) is 4.56. The molecule has 0 radical (unpaired) electrons. The van der Waals surface area contributed by atoms with Crippen LogP contribution in [0.4, 0.5) is 28.0 Å². The molecule has 2 aliphatic heterocycles. The zero-order chi connectivity index (χ0) is 21.0. The Morgan fingerprint density at radius 1 is 1.00 bits per heavy atom. The number of sulfone groups is 1. The smallest absolute Gasteiger partial charge is 0.314 e. The second-order valence-electron chi connectivity index (χ2n) is 7.17. The van der Waals surface area contributed by atoms with E-state index in [9.17, 15) is 30.8 Å². The van der Waals surface area contributed by atoms with Gasteiger partial charge in [-0.25, -0.2) is 17.6 Å². The fraction of sp³-hybridized carbons (Fsp3) is 0.316. The third kappa shape index (κ3) is 3.68. The third-order valence-corrected chi connectivity index (χ3v) is 6.89. The predicted octanol–water partition coefficient (Wildman–Crippen LogP) is 3.45. The summed E-state index contributed by atoms with van der Waals surface area (Å²) in [6.45, 7) is -0.156. The van der Waals surface area contributed by atoms with Crippen molar-refractivity contribution in [3.8, 4) is 0 Å². The standard InChI is InChI=1S/C19H16F4N2O3S/c20-14-4-6-15(7-5-14)25-17-11-29(27,28)10-16(17)24(18(25)26)9-12-2-1-3-13(8-12)19(21,22)23/h1-8,16-17H,9-11H2/t16-,17+/m1/s1. The maximum absolute atomic E-state index is 13.3. The van der Waals surface area contributed by atoms with E-state index in [1.54, 1.807) is 0 Å². The molecule has 29 heavy (non-hydrogen) atoms. The van der Waals surface area contributed by atoms with Crippen molar-refractivity contribution < 1.29 is 30.8 Å². The van der Waals surface area contributed by atoms with Crippen LogP contribution in [-0.2, 0) is 22.6 Å². The molecule has 2 heterocycles. The van der Waals surface area contributed by atoms with Crippen molar-refractivity contribution in [2.24, 2.45) is 0 Å². The average Bonchev–Trinajstić information content (AvgIpc) is 3.06. The van der Waals surface area contributed by atoms with E-state index >= 15 is 0 Å².